The number of ether oxygens (including phenoxy) is 1. The molecule has 11 heteroatoms. The van der Waals surface area contributed by atoms with Gasteiger partial charge in [0.1, 0.15) is 0 Å². The van der Waals surface area contributed by atoms with Gasteiger partial charge in [0, 0.05) is 25.0 Å². The van der Waals surface area contributed by atoms with E-state index in [1.54, 1.807) is 23.0 Å². The zero-order chi connectivity index (χ0) is 23.4. The van der Waals surface area contributed by atoms with Gasteiger partial charge in [-0.15, -0.1) is 0 Å². The van der Waals surface area contributed by atoms with Crippen molar-refractivity contribution in [2.24, 2.45) is 0 Å². The van der Waals surface area contributed by atoms with Crippen LogP contribution in [0.2, 0.25) is 5.02 Å². The van der Waals surface area contributed by atoms with Gasteiger partial charge in [-0.1, -0.05) is 35.9 Å². The van der Waals surface area contributed by atoms with Gasteiger partial charge in [0.15, 0.2) is 12.3 Å². The van der Waals surface area contributed by atoms with Crippen molar-refractivity contribution in [2.75, 3.05) is 6.61 Å². The first-order valence-corrected chi connectivity index (χ1v) is 10.1. The number of aromatic nitrogens is 4. The number of carbonyl (C=O) groups excluding carboxylic acids is 1. The molecule has 4 rings (SSSR count). The van der Waals surface area contributed by atoms with Crippen molar-refractivity contribution in [2.45, 2.75) is 12.7 Å². The maximum Gasteiger partial charge on any atom is 0.435 e. The summed E-state index contributed by atoms with van der Waals surface area (Å²) >= 11 is 6.10. The van der Waals surface area contributed by atoms with Crippen LogP contribution in [-0.4, -0.2) is 32.1 Å². The fourth-order valence-corrected chi connectivity index (χ4v) is 3.20. The number of halogens is 4. The smallest absolute Gasteiger partial charge is 0.435 e. The van der Waals surface area contributed by atoms with Crippen molar-refractivity contribution in [3.8, 4) is 17.3 Å². The topological polar surface area (TPSA) is 74.0 Å². The monoisotopic (exact) mass is 475 g/mol. The predicted molar refractivity (Wildman–Crippen MR) is 114 cm³/mol. The molecule has 2 heterocycles. The molecule has 2 aromatic heterocycles. The lowest BCUT2D eigenvalue weighted by Crippen LogP contribution is -2.28. The van der Waals surface area contributed by atoms with E-state index < -0.39 is 24.4 Å². The second-order valence-corrected chi connectivity index (χ2v) is 7.32. The van der Waals surface area contributed by atoms with Crippen LogP contribution < -0.4 is 10.1 Å². The summed E-state index contributed by atoms with van der Waals surface area (Å²) in [7, 11) is 0. The number of hydrogen-bond donors (Lipinski definition) is 1. The lowest BCUT2D eigenvalue weighted by molar-refractivity contribution is -0.141. The van der Waals surface area contributed by atoms with Crippen LogP contribution in [0.5, 0.6) is 5.88 Å². The zero-order valence-electron chi connectivity index (χ0n) is 17.0. The van der Waals surface area contributed by atoms with Gasteiger partial charge < -0.3 is 10.1 Å². The molecule has 4 aromatic rings. The third-order valence-corrected chi connectivity index (χ3v) is 4.91. The molecule has 0 saturated heterocycles. The minimum absolute atomic E-state index is 0.183. The normalized spacial score (nSPS) is 11.4. The number of amides is 1. The molecule has 0 saturated carbocycles. The number of para-hydroxylation sites is 1. The fraction of sp³-hybridized carbons (Fsp3) is 0.136. The minimum Gasteiger partial charge on any atom is -0.467 e. The Kier molecular flexibility index (Phi) is 6.36. The Labute approximate surface area is 191 Å². The van der Waals surface area contributed by atoms with Gasteiger partial charge >= 0.3 is 6.18 Å². The Balaban J connectivity index is 1.40. The Morgan fingerprint density at radius 1 is 1.09 bits per heavy atom. The number of carbonyl (C=O) groups is 1. The molecule has 0 radical (unpaired) electrons. The molecule has 1 amide bonds. The Bertz CT molecular complexity index is 1240. The van der Waals surface area contributed by atoms with E-state index in [1.807, 2.05) is 36.5 Å². The van der Waals surface area contributed by atoms with Crippen molar-refractivity contribution in [3.05, 3.63) is 89.3 Å². The van der Waals surface area contributed by atoms with E-state index >= 15 is 0 Å². The third kappa shape index (κ3) is 5.35. The molecule has 0 spiro atoms. The molecule has 0 aliphatic carbocycles. The van der Waals surface area contributed by atoms with Crippen LogP contribution in [0.25, 0.3) is 11.4 Å². The van der Waals surface area contributed by atoms with Gasteiger partial charge in [0.2, 0.25) is 5.88 Å². The molecule has 0 aliphatic rings. The first kappa shape index (κ1) is 22.4. The van der Waals surface area contributed by atoms with Crippen LogP contribution in [0.4, 0.5) is 13.2 Å². The molecule has 7 nitrogen and oxygen atoms in total. The third-order valence-electron chi connectivity index (χ3n) is 4.59. The molecular weight excluding hydrogens is 459 g/mol. The Morgan fingerprint density at radius 3 is 2.52 bits per heavy atom. The van der Waals surface area contributed by atoms with Gasteiger partial charge in [-0.25, -0.2) is 4.68 Å². The predicted octanol–water partition coefficient (Wildman–Crippen LogP) is 4.43. The number of alkyl halides is 3. The van der Waals surface area contributed by atoms with Crippen LogP contribution in [0.15, 0.2) is 73.1 Å². The summed E-state index contributed by atoms with van der Waals surface area (Å²) in [5.41, 5.74) is 0.740. The summed E-state index contributed by atoms with van der Waals surface area (Å²) in [5, 5.41) is 10.5. The molecule has 1 N–H and O–H groups in total. The standard InChI is InChI=1S/C22H17ClF3N5O2/c23-17-4-1-2-5-18(17)31-21(12-19(29-31)22(24,25)26)33-14-20(32)27-13-15-6-8-16(9-7-15)30-11-3-10-28-30/h1-12H,13-14H2,(H,27,32). The minimum atomic E-state index is -4.69. The summed E-state index contributed by atoms with van der Waals surface area (Å²) < 4.78 is 47.5. The number of nitrogens with one attached hydrogen (secondary N) is 1. The highest BCUT2D eigenvalue weighted by molar-refractivity contribution is 6.32. The maximum absolute atomic E-state index is 13.2. The van der Waals surface area contributed by atoms with Crippen LogP contribution in [0.3, 0.4) is 0 Å². The van der Waals surface area contributed by atoms with Gasteiger partial charge in [-0.05, 0) is 35.9 Å². The quantitative estimate of drug-likeness (QED) is 0.429. The summed E-state index contributed by atoms with van der Waals surface area (Å²) in [6, 6.07) is 16.2. The highest BCUT2D eigenvalue weighted by atomic mass is 35.5. The maximum atomic E-state index is 13.2. The molecule has 0 aliphatic heterocycles. The van der Waals surface area contributed by atoms with E-state index in [4.69, 9.17) is 16.3 Å². The summed E-state index contributed by atoms with van der Waals surface area (Å²) in [6.45, 7) is -0.280. The van der Waals surface area contributed by atoms with E-state index in [2.05, 4.69) is 15.5 Å². The summed E-state index contributed by atoms with van der Waals surface area (Å²) in [6.07, 6.45) is -1.20. The number of benzene rings is 2. The van der Waals surface area contributed by atoms with Gasteiger partial charge in [-0.2, -0.15) is 28.1 Å². The lowest BCUT2D eigenvalue weighted by Gasteiger charge is -2.11. The molecule has 0 fully saturated rings. The number of rotatable bonds is 7. The second-order valence-electron chi connectivity index (χ2n) is 6.91. The largest absolute Gasteiger partial charge is 0.467 e. The van der Waals surface area contributed by atoms with Crippen LogP contribution in [-0.2, 0) is 17.5 Å². The van der Waals surface area contributed by atoms with E-state index in [1.165, 1.54) is 12.1 Å². The number of nitrogens with zero attached hydrogens (tertiary/aromatic N) is 4. The lowest BCUT2D eigenvalue weighted by atomic mass is 10.2. The van der Waals surface area contributed by atoms with Crippen molar-refractivity contribution < 1.29 is 22.7 Å². The van der Waals surface area contributed by atoms with E-state index in [0.717, 1.165) is 22.0 Å². The first-order chi connectivity index (χ1) is 15.8. The Morgan fingerprint density at radius 2 is 1.85 bits per heavy atom. The molecule has 0 unspecified atom stereocenters. The molecular formula is C22H17ClF3N5O2. The van der Waals surface area contributed by atoms with Crippen molar-refractivity contribution >= 4 is 17.5 Å². The van der Waals surface area contributed by atoms with Crippen molar-refractivity contribution in [3.63, 3.8) is 0 Å². The van der Waals surface area contributed by atoms with E-state index in [0.29, 0.717) is 0 Å². The van der Waals surface area contributed by atoms with Gasteiger partial charge in [-0.3, -0.25) is 4.79 Å². The number of hydrogen-bond acceptors (Lipinski definition) is 4. The Hall–Kier alpha value is -3.79. The second kappa shape index (κ2) is 9.37. The van der Waals surface area contributed by atoms with Gasteiger partial charge in [0.25, 0.3) is 5.91 Å². The first-order valence-electron chi connectivity index (χ1n) is 9.72. The summed E-state index contributed by atoms with van der Waals surface area (Å²) in [5.74, 6) is -0.763. The highest BCUT2D eigenvalue weighted by Crippen LogP contribution is 2.33. The highest BCUT2D eigenvalue weighted by Gasteiger charge is 2.36. The summed E-state index contributed by atoms with van der Waals surface area (Å²) in [4.78, 5) is 12.2. The van der Waals surface area contributed by atoms with Crippen LogP contribution in [0, 0.1) is 0 Å². The molecule has 33 heavy (non-hydrogen) atoms. The van der Waals surface area contributed by atoms with Crippen molar-refractivity contribution in [1.82, 2.24) is 24.9 Å². The van der Waals surface area contributed by atoms with Crippen molar-refractivity contribution in [1.29, 1.82) is 0 Å². The van der Waals surface area contributed by atoms with Crippen LogP contribution >= 0.6 is 11.6 Å². The average molecular weight is 476 g/mol. The molecule has 0 bridgehead atoms. The molecule has 170 valence electrons. The zero-order valence-corrected chi connectivity index (χ0v) is 17.7. The van der Waals surface area contributed by atoms with Gasteiger partial charge in [0.05, 0.1) is 16.4 Å². The van der Waals surface area contributed by atoms with E-state index in [9.17, 15) is 18.0 Å². The average Bonchev–Trinajstić information content (AvgIpc) is 3.47. The molecule has 0 atom stereocenters. The fourth-order valence-electron chi connectivity index (χ4n) is 2.98. The van der Waals surface area contributed by atoms with Crippen LogP contribution in [0.1, 0.15) is 11.3 Å². The molecule has 2 aromatic carbocycles. The SMILES string of the molecule is O=C(COc1cc(C(F)(F)F)nn1-c1ccccc1Cl)NCc1ccc(-n2cccn2)cc1. The van der Waals surface area contributed by atoms with E-state index in [-0.39, 0.29) is 23.1 Å².